The molecule has 4 aromatic carbocycles. The first-order chi connectivity index (χ1) is 34.6. The van der Waals surface area contributed by atoms with Gasteiger partial charge >= 0.3 is 19.1 Å². The van der Waals surface area contributed by atoms with E-state index in [0.29, 0.717) is 44.6 Å². The molecule has 4 aromatic heterocycles. The van der Waals surface area contributed by atoms with E-state index >= 15 is 17.6 Å². The summed E-state index contributed by atoms with van der Waals surface area (Å²) in [4.78, 5) is 26.1. The number of fused-ring (bicyclic) bond motifs is 2. The van der Waals surface area contributed by atoms with E-state index in [0.717, 1.165) is 53.7 Å². The maximum absolute atomic E-state index is 15.5. The third kappa shape index (κ3) is 11.0. The van der Waals surface area contributed by atoms with E-state index in [2.05, 4.69) is 26.1 Å². The number of aromatic nitrogens is 6. The van der Waals surface area contributed by atoms with Crippen LogP contribution in [0.4, 0.5) is 17.6 Å². The van der Waals surface area contributed by atoms with Crippen molar-refractivity contribution in [3.63, 3.8) is 0 Å². The van der Waals surface area contributed by atoms with E-state index < -0.39 is 42.3 Å². The van der Waals surface area contributed by atoms with E-state index in [-0.39, 0.29) is 61.4 Å². The molecule has 2 saturated carbocycles. The molecule has 12 nitrogen and oxygen atoms in total. The Morgan fingerprint density at radius 2 is 1.14 bits per heavy atom. The Labute approximate surface area is 438 Å². The van der Waals surface area contributed by atoms with Crippen molar-refractivity contribution in [1.29, 1.82) is 0 Å². The highest BCUT2D eigenvalue weighted by Gasteiger charge is 2.36. The van der Waals surface area contributed by atoms with Crippen LogP contribution < -0.4 is 0 Å². The molecular weight excluding hydrogens is 1080 g/mol. The zero-order valence-electron chi connectivity index (χ0n) is 39.1. The number of aryl methyl sites for hydroxylation is 2. The molecule has 72 heavy (non-hydrogen) atoms. The largest absolute Gasteiger partial charge is 0.462 e. The van der Waals surface area contributed by atoms with Crippen LogP contribution in [-0.2, 0) is 22.6 Å². The average molecular weight is 1130 g/mol. The summed E-state index contributed by atoms with van der Waals surface area (Å²) in [5.41, 5.74) is 2.55. The molecule has 2 N–H and O–H groups in total. The lowest BCUT2D eigenvalue weighted by Gasteiger charge is -2.11. The molecule has 0 amide bonds. The molecule has 2 aliphatic carbocycles. The molecule has 8 aromatic rings. The van der Waals surface area contributed by atoms with Crippen molar-refractivity contribution in [3.8, 4) is 11.4 Å². The predicted molar refractivity (Wildman–Crippen MR) is 275 cm³/mol. The van der Waals surface area contributed by atoms with Gasteiger partial charge in [0.25, 0.3) is 0 Å². The highest BCUT2D eigenvalue weighted by atomic mass is 79.9. The van der Waals surface area contributed by atoms with Crippen molar-refractivity contribution in [2.24, 2.45) is 0 Å². The summed E-state index contributed by atoms with van der Waals surface area (Å²) in [6.45, 7) is 8.86. The topological polar surface area (TPSA) is 139 Å². The van der Waals surface area contributed by atoms with E-state index in [4.69, 9.17) is 42.7 Å². The molecule has 376 valence electrons. The minimum Gasteiger partial charge on any atom is -0.462 e. The van der Waals surface area contributed by atoms with Crippen molar-refractivity contribution in [3.05, 3.63) is 140 Å². The summed E-state index contributed by atoms with van der Waals surface area (Å²) in [5, 5.41) is 26.3. The Bertz CT molecular complexity index is 3330. The Morgan fingerprint density at radius 1 is 0.681 bits per heavy atom. The number of rotatable bonds is 14. The normalized spacial score (nSPS) is 13.2. The number of halogens is 7. The van der Waals surface area contributed by atoms with Gasteiger partial charge < -0.3 is 24.1 Å². The summed E-state index contributed by atoms with van der Waals surface area (Å²) in [6.07, 6.45) is 10.9. The van der Waals surface area contributed by atoms with Gasteiger partial charge in [0.1, 0.15) is 4.60 Å². The van der Waals surface area contributed by atoms with Gasteiger partial charge in [-0.2, -0.15) is 10.2 Å². The number of ether oxygens (including phenoxy) is 2. The third-order valence-corrected chi connectivity index (χ3v) is 15.6. The third-order valence-electron chi connectivity index (χ3n) is 11.7. The molecule has 0 spiro atoms. The minimum atomic E-state index is -1.04. The second-order valence-corrected chi connectivity index (χ2v) is 20.2. The zero-order chi connectivity index (χ0) is 51.5. The molecule has 0 saturated heterocycles. The standard InChI is InChI=1S/C25H22ClF2N3O2S.C22H17BrClF2N3O2S.C3H7BO2/c1-3-30-13-15(12-29-30)31-22(14-8-9-14)24(17-10-11-18(26)21(28)23(17)31)34-19-7-5-6-16(20(19)27)25(32)33-4-2;1-3-28-11-12(10-27-28)29-19-14(8-9-15(24)18(19)26)20(21(29)23)32-16-7-5-6-13(17(16)25)22(30)31-4-2;5-4(6)3-1-2-3/h5-7,10-14H,3-4,8-9H2,1-2H3;5-11H,3-4H2,1-2H3;3,5-6H,1-2H2. The van der Waals surface area contributed by atoms with Gasteiger partial charge in [-0.1, -0.05) is 71.7 Å². The van der Waals surface area contributed by atoms with Gasteiger partial charge in [-0.25, -0.2) is 27.2 Å². The molecule has 0 unspecified atom stereocenters. The average Bonchev–Trinajstić information content (AvgIpc) is 4.25. The lowest BCUT2D eigenvalue weighted by atomic mass is 9.84. The van der Waals surface area contributed by atoms with Crippen molar-refractivity contribution < 1.29 is 46.7 Å². The highest BCUT2D eigenvalue weighted by Crippen LogP contribution is 2.52. The van der Waals surface area contributed by atoms with Gasteiger partial charge in [-0.05, 0) is 111 Å². The van der Waals surface area contributed by atoms with E-state index in [1.807, 2.05) is 24.6 Å². The van der Waals surface area contributed by atoms with Gasteiger partial charge in [0.15, 0.2) is 23.3 Å². The van der Waals surface area contributed by atoms with Crippen LogP contribution in [0.1, 0.15) is 85.7 Å². The predicted octanol–water partition coefficient (Wildman–Crippen LogP) is 13.5. The first kappa shape index (κ1) is 53.1. The minimum absolute atomic E-state index is 0.0171. The quantitative estimate of drug-likeness (QED) is 0.0615. The zero-order valence-corrected chi connectivity index (χ0v) is 43.9. The molecule has 2 fully saturated rings. The van der Waals surface area contributed by atoms with Crippen LogP contribution in [-0.4, -0.2) is 71.0 Å². The summed E-state index contributed by atoms with van der Waals surface area (Å²) in [7, 11) is -1.04. The Morgan fingerprint density at radius 3 is 1.56 bits per heavy atom. The van der Waals surface area contributed by atoms with Gasteiger partial charge in [0.05, 0.1) is 74.1 Å². The summed E-state index contributed by atoms with van der Waals surface area (Å²) < 4.78 is 78.5. The molecule has 0 aliphatic heterocycles. The van der Waals surface area contributed by atoms with Crippen LogP contribution in [0.2, 0.25) is 15.9 Å². The van der Waals surface area contributed by atoms with Crippen molar-refractivity contribution in [1.82, 2.24) is 28.7 Å². The molecule has 0 atom stereocenters. The van der Waals surface area contributed by atoms with Crippen LogP contribution >= 0.6 is 62.7 Å². The Hall–Kier alpha value is -5.22. The molecule has 0 bridgehead atoms. The number of hydrogen-bond donors (Lipinski definition) is 2. The van der Waals surface area contributed by atoms with E-state index in [1.165, 1.54) is 36.0 Å². The van der Waals surface area contributed by atoms with Crippen molar-refractivity contribution in [2.45, 2.75) is 97.8 Å². The van der Waals surface area contributed by atoms with Gasteiger partial charge in [-0.15, -0.1) is 0 Å². The Balaban J connectivity index is 0.000000173. The van der Waals surface area contributed by atoms with Gasteiger partial charge in [0, 0.05) is 62.6 Å². The molecule has 0 radical (unpaired) electrons. The fourth-order valence-electron chi connectivity index (χ4n) is 7.80. The second-order valence-electron chi connectivity index (χ2n) is 16.5. The molecule has 22 heteroatoms. The monoisotopic (exact) mass is 1130 g/mol. The lowest BCUT2D eigenvalue weighted by molar-refractivity contribution is 0.0510. The summed E-state index contributed by atoms with van der Waals surface area (Å²) >= 11 is 18.1. The maximum atomic E-state index is 15.5. The number of carbonyl (C=O) groups excluding carboxylic acids is 2. The fourth-order valence-corrected chi connectivity index (χ4v) is 11.2. The van der Waals surface area contributed by atoms with E-state index in [1.54, 1.807) is 82.8 Å². The summed E-state index contributed by atoms with van der Waals surface area (Å²) in [5.74, 6) is -3.51. The van der Waals surface area contributed by atoms with Crippen LogP contribution in [0.25, 0.3) is 33.2 Å². The van der Waals surface area contributed by atoms with Gasteiger partial charge in [-0.3, -0.25) is 13.9 Å². The van der Waals surface area contributed by atoms with Crippen LogP contribution in [0.5, 0.6) is 0 Å². The molecule has 4 heterocycles. The molecule has 2 aliphatic rings. The highest BCUT2D eigenvalue weighted by molar-refractivity contribution is 9.10. The van der Waals surface area contributed by atoms with Crippen LogP contribution in [0, 0.1) is 23.3 Å². The molecule has 10 rings (SSSR count). The smallest absolute Gasteiger partial charge is 0.454 e. The van der Waals surface area contributed by atoms with Crippen molar-refractivity contribution >= 4 is 104 Å². The number of benzene rings is 4. The number of carbonyl (C=O) groups is 2. The summed E-state index contributed by atoms with van der Waals surface area (Å²) in [6, 6.07) is 15.6. The first-order valence-corrected chi connectivity index (χ1v) is 26.2. The molecular formula is C50H46BBrCl2F4N6O6S2. The Kier molecular flexibility index (Phi) is 16.9. The second kappa shape index (κ2) is 22.9. The fraction of sp³-hybridized carbons (Fsp3) is 0.280. The maximum Gasteiger partial charge on any atom is 0.454 e. The lowest BCUT2D eigenvalue weighted by Crippen LogP contribution is -2.09. The van der Waals surface area contributed by atoms with Crippen LogP contribution in [0.3, 0.4) is 0 Å². The SMILES string of the molecule is CCOC(=O)c1cccc(Sc2c(Br)n(-c3cnn(CC)c3)c3c(F)c(Cl)ccc23)c1F.CCOC(=O)c1cccc(Sc2c(C3CC3)n(-c3cnn(CC)c3)c3c(F)c(Cl)ccc23)c1F.OB(O)C1CC1. The van der Waals surface area contributed by atoms with Crippen molar-refractivity contribution in [2.75, 3.05) is 13.2 Å². The number of hydrogen-bond acceptors (Lipinski definition) is 10. The first-order valence-electron chi connectivity index (χ1n) is 23.0. The van der Waals surface area contributed by atoms with E-state index in [9.17, 15) is 9.59 Å². The number of nitrogens with zero attached hydrogens (tertiary/aromatic N) is 6. The number of esters is 2. The van der Waals surface area contributed by atoms with Crippen LogP contribution in [0.15, 0.2) is 110 Å². The van der Waals surface area contributed by atoms with Gasteiger partial charge in [0.2, 0.25) is 0 Å².